The van der Waals surface area contributed by atoms with Gasteiger partial charge in [-0.25, -0.2) is 0 Å². The van der Waals surface area contributed by atoms with Crippen molar-refractivity contribution in [2.24, 2.45) is 0 Å². The Morgan fingerprint density at radius 2 is 2.10 bits per heavy atom. The number of hydrogen-bond acceptors (Lipinski definition) is 1. The van der Waals surface area contributed by atoms with Crippen molar-refractivity contribution < 1.29 is 44.8 Å². The molecule has 0 bridgehead atoms. The quantitative estimate of drug-likeness (QED) is 0.540. The van der Waals surface area contributed by atoms with Gasteiger partial charge >= 0.3 is 27.7 Å². The normalized spacial score (nSPS) is 18.9. The van der Waals surface area contributed by atoms with Gasteiger partial charge in [-0.05, 0) is 19.3 Å². The molecule has 0 aliphatic heterocycles. The Bertz CT molecular complexity index is 64.6. The van der Waals surface area contributed by atoms with E-state index in [9.17, 15) is 0 Å². The molecule has 10 heavy (non-hydrogen) atoms. The third kappa shape index (κ3) is 4.92. The summed E-state index contributed by atoms with van der Waals surface area (Å²) >= 11 is 0. The fourth-order valence-corrected chi connectivity index (χ4v) is 1.13. The molecule has 1 rings (SSSR count). The molecule has 56 valence electrons. The first-order chi connectivity index (χ1) is 3.93. The molecule has 0 spiro atoms. The van der Waals surface area contributed by atoms with Crippen molar-refractivity contribution in [3.63, 3.8) is 0 Å². The molecule has 0 aromatic rings. The summed E-state index contributed by atoms with van der Waals surface area (Å²) in [6.07, 6.45) is 7.91. The first kappa shape index (κ1) is 13.8. The Morgan fingerprint density at radius 3 is 2.40 bits per heavy atom. The second kappa shape index (κ2) is 8.28. The molecule has 1 fully saturated rings. The van der Waals surface area contributed by atoms with E-state index >= 15 is 0 Å². The molecule has 1 aliphatic carbocycles. The molecule has 1 nitrogen and oxygen atoms in total. The summed E-state index contributed by atoms with van der Waals surface area (Å²) in [6.45, 7) is 0. The Morgan fingerprint density at radius 1 is 1.40 bits per heavy atom. The summed E-state index contributed by atoms with van der Waals surface area (Å²) in [5.74, 6) is 0. The second-order valence-corrected chi connectivity index (χ2v) is 2.29. The van der Waals surface area contributed by atoms with Gasteiger partial charge in [-0.3, -0.25) is 0 Å². The van der Waals surface area contributed by atoms with Crippen LogP contribution < -0.4 is 12.4 Å². The number of ether oxygens (including phenoxy) is 1. The zero-order valence-electron chi connectivity index (χ0n) is 6.48. The van der Waals surface area contributed by atoms with Crippen LogP contribution in [-0.2, 0) is 32.4 Å². The Hall–Kier alpha value is 1.19. The molecule has 1 saturated carbocycles. The number of hydrogen-bond donors (Lipinski definition) is 0. The van der Waals surface area contributed by atoms with Crippen LogP contribution in [0.5, 0.6) is 0 Å². The van der Waals surface area contributed by atoms with Crippen molar-refractivity contribution in [2.45, 2.75) is 31.8 Å². The maximum absolute atomic E-state index is 5.14. The largest absolute Gasteiger partial charge is 1.00 e. The first-order valence-corrected chi connectivity index (χ1v) is 3.29. The average molecular weight is 349 g/mol. The minimum Gasteiger partial charge on any atom is -1.00 e. The van der Waals surface area contributed by atoms with E-state index in [1.54, 1.807) is 7.11 Å². The van der Waals surface area contributed by atoms with Crippen molar-refractivity contribution in [1.82, 2.24) is 0 Å². The fourth-order valence-electron chi connectivity index (χ4n) is 1.13. The number of methoxy groups -OCH3 is 1. The van der Waals surface area contributed by atoms with Gasteiger partial charge in [-0.1, -0.05) is 12.8 Å². The smallest absolute Gasteiger partial charge is 1.00 e. The van der Waals surface area contributed by atoms with Gasteiger partial charge in [0.15, 0.2) is 0 Å². The Balaban J connectivity index is 0. The van der Waals surface area contributed by atoms with Gasteiger partial charge in [0.2, 0.25) is 0 Å². The van der Waals surface area contributed by atoms with Crippen molar-refractivity contribution >= 4 is 0 Å². The molecule has 2 radical (unpaired) electrons. The molecule has 0 saturated heterocycles. The summed E-state index contributed by atoms with van der Waals surface area (Å²) in [5, 5.41) is 0. The van der Waals surface area contributed by atoms with Gasteiger partial charge < -0.3 is 17.1 Å². The van der Waals surface area contributed by atoms with Crippen molar-refractivity contribution in [1.29, 1.82) is 0 Å². The van der Waals surface area contributed by atoms with E-state index in [2.05, 4.69) is 6.42 Å². The van der Waals surface area contributed by atoms with Crippen LogP contribution in [0.3, 0.4) is 0 Å². The van der Waals surface area contributed by atoms with Crippen molar-refractivity contribution in [3.05, 3.63) is 6.42 Å². The van der Waals surface area contributed by atoms with Crippen LogP contribution >= 0.6 is 0 Å². The molecule has 1 atom stereocenters. The molecule has 0 aromatic carbocycles. The monoisotopic (exact) mass is 350 g/mol. The third-order valence-corrected chi connectivity index (χ3v) is 1.68. The van der Waals surface area contributed by atoms with E-state index in [1.807, 2.05) is 0 Å². The predicted molar refractivity (Wildman–Crippen MR) is 33.6 cm³/mol. The maximum atomic E-state index is 5.14. The topological polar surface area (TPSA) is 9.23 Å². The number of rotatable bonds is 1. The summed E-state index contributed by atoms with van der Waals surface area (Å²) in [5.41, 5.74) is 0. The first-order valence-electron chi connectivity index (χ1n) is 3.29. The molecule has 0 aromatic heterocycles. The Labute approximate surface area is 89.8 Å². The van der Waals surface area contributed by atoms with Crippen LogP contribution in [0.4, 0.5) is 0 Å². The molecule has 3 heteroatoms. The average Bonchev–Trinajstić information content (AvgIpc) is 1.90. The van der Waals surface area contributed by atoms with E-state index < -0.39 is 0 Å². The molecular formula is C7H13ClHgO. The maximum Gasteiger partial charge on any atom is 1.00 e. The van der Waals surface area contributed by atoms with Crippen LogP contribution in [-0.4, -0.2) is 13.2 Å². The standard InChI is InChI=1S/C7H13O.ClH.Hg/c1-8-7-5-3-2-4-6-7;;/h5,7H,2-4,6H2,1H3;1H;/q;;+1/p-1/t7-;;/m1../s1. The van der Waals surface area contributed by atoms with Gasteiger partial charge in [-0.2, -0.15) is 0 Å². The summed E-state index contributed by atoms with van der Waals surface area (Å²) in [4.78, 5) is 0. The Kier molecular flexibility index (Phi) is 11.4. The minimum atomic E-state index is 0. The molecule has 0 N–H and O–H groups in total. The molecular weight excluding hydrogens is 336 g/mol. The van der Waals surface area contributed by atoms with E-state index in [4.69, 9.17) is 4.74 Å². The van der Waals surface area contributed by atoms with Gasteiger partial charge in [0, 0.05) is 7.11 Å². The van der Waals surface area contributed by atoms with Crippen LogP contribution in [0, 0.1) is 6.42 Å². The van der Waals surface area contributed by atoms with Gasteiger partial charge in [0.25, 0.3) is 0 Å². The van der Waals surface area contributed by atoms with E-state index in [0.717, 1.165) is 0 Å². The van der Waals surface area contributed by atoms with Crippen LogP contribution in [0.1, 0.15) is 25.7 Å². The summed E-state index contributed by atoms with van der Waals surface area (Å²) in [6, 6.07) is 0. The molecule has 1 aliphatic rings. The van der Waals surface area contributed by atoms with Gasteiger partial charge in [0.05, 0.1) is 6.10 Å². The third-order valence-electron chi connectivity index (χ3n) is 1.68. The number of halogens is 1. The van der Waals surface area contributed by atoms with Crippen LogP contribution in [0.15, 0.2) is 0 Å². The molecule has 0 amide bonds. The SMILES string of the molecule is CO[C@@H]1[CH]CCCC1.[Cl-].[Hg+]. The zero-order chi connectivity index (χ0) is 5.82. The predicted octanol–water partition coefficient (Wildman–Crippen LogP) is -1.22. The molecule has 0 heterocycles. The van der Waals surface area contributed by atoms with Gasteiger partial charge in [-0.15, -0.1) is 0 Å². The van der Waals surface area contributed by atoms with Crippen molar-refractivity contribution in [3.8, 4) is 0 Å². The summed E-state index contributed by atoms with van der Waals surface area (Å²) in [7, 11) is 1.78. The summed E-state index contributed by atoms with van der Waals surface area (Å²) < 4.78 is 5.14. The van der Waals surface area contributed by atoms with Crippen LogP contribution in [0.2, 0.25) is 0 Å². The minimum absolute atomic E-state index is 0. The van der Waals surface area contributed by atoms with E-state index in [1.165, 1.54) is 25.7 Å². The van der Waals surface area contributed by atoms with Crippen LogP contribution in [0.25, 0.3) is 0 Å². The second-order valence-electron chi connectivity index (χ2n) is 2.29. The van der Waals surface area contributed by atoms with Crippen molar-refractivity contribution in [2.75, 3.05) is 7.11 Å². The molecule has 0 unspecified atom stereocenters. The van der Waals surface area contributed by atoms with Gasteiger partial charge in [0.1, 0.15) is 0 Å². The van der Waals surface area contributed by atoms with E-state index in [0.29, 0.717) is 6.10 Å². The van der Waals surface area contributed by atoms with E-state index in [-0.39, 0.29) is 40.1 Å². The zero-order valence-corrected chi connectivity index (χ0v) is 12.7. The fraction of sp³-hybridized carbons (Fsp3) is 0.857.